The molecule has 0 aliphatic carbocycles. The Labute approximate surface area is 170 Å². The third-order valence-corrected chi connectivity index (χ3v) is 4.97. The van der Waals surface area contributed by atoms with Gasteiger partial charge in [0, 0.05) is 38.1 Å². The highest BCUT2D eigenvalue weighted by molar-refractivity contribution is 5.92. The average molecular weight is 388 g/mol. The number of hydrogen-bond donors (Lipinski definition) is 2. The van der Waals surface area contributed by atoms with Gasteiger partial charge in [0.05, 0.1) is 6.20 Å². The molecule has 2 aromatic heterocycles. The topological polar surface area (TPSA) is 83.0 Å². The summed E-state index contributed by atoms with van der Waals surface area (Å²) in [6.07, 6.45) is 6.70. The highest BCUT2D eigenvalue weighted by Crippen LogP contribution is 2.15. The van der Waals surface area contributed by atoms with Crippen LogP contribution in [0.4, 0.5) is 11.6 Å². The molecular formula is C22H24N6O. The number of amides is 1. The van der Waals surface area contributed by atoms with Crippen LogP contribution in [0.25, 0.3) is 0 Å². The molecule has 1 fully saturated rings. The van der Waals surface area contributed by atoms with Crippen LogP contribution in [0.3, 0.4) is 0 Å². The summed E-state index contributed by atoms with van der Waals surface area (Å²) >= 11 is 0. The molecule has 1 saturated heterocycles. The van der Waals surface area contributed by atoms with E-state index in [1.165, 1.54) is 5.56 Å². The van der Waals surface area contributed by atoms with Crippen LogP contribution in [-0.4, -0.2) is 44.9 Å². The maximum atomic E-state index is 12.6. The predicted molar refractivity (Wildman–Crippen MR) is 112 cm³/mol. The minimum atomic E-state index is -0.144. The van der Waals surface area contributed by atoms with Crippen LogP contribution in [0.5, 0.6) is 0 Å². The predicted octanol–water partition coefficient (Wildman–Crippen LogP) is 3.01. The quantitative estimate of drug-likeness (QED) is 0.675. The van der Waals surface area contributed by atoms with Crippen LogP contribution < -0.4 is 10.6 Å². The number of anilines is 2. The Morgan fingerprint density at radius 2 is 1.83 bits per heavy atom. The van der Waals surface area contributed by atoms with Gasteiger partial charge in [0.2, 0.25) is 0 Å². The first-order valence-corrected chi connectivity index (χ1v) is 9.83. The first-order valence-electron chi connectivity index (χ1n) is 9.83. The van der Waals surface area contributed by atoms with Crippen LogP contribution in [0.2, 0.25) is 0 Å². The van der Waals surface area contributed by atoms with E-state index in [0.29, 0.717) is 17.3 Å². The molecule has 0 spiro atoms. The van der Waals surface area contributed by atoms with E-state index in [1.807, 2.05) is 12.1 Å². The van der Waals surface area contributed by atoms with Crippen molar-refractivity contribution in [2.24, 2.45) is 0 Å². The van der Waals surface area contributed by atoms with Gasteiger partial charge in [-0.15, -0.1) is 0 Å². The lowest BCUT2D eigenvalue weighted by atomic mass is 10.0. The molecule has 0 atom stereocenters. The van der Waals surface area contributed by atoms with Gasteiger partial charge in [-0.25, -0.2) is 9.97 Å². The standard InChI is InChI=1S/C22H24N6O/c29-22(19-7-4-8-20(26-19)27-21-15-23-11-12-24-21)25-18-9-13-28(14-10-18)16-17-5-2-1-3-6-17/h1-8,11-12,15,18H,9-10,13-14,16H2,(H,25,29)(H,24,26,27). The van der Waals surface area contributed by atoms with E-state index in [1.54, 1.807) is 30.7 Å². The van der Waals surface area contributed by atoms with Crippen molar-refractivity contribution < 1.29 is 4.79 Å². The second-order valence-corrected chi connectivity index (χ2v) is 7.13. The fourth-order valence-corrected chi connectivity index (χ4v) is 3.46. The normalized spacial score (nSPS) is 15.0. The molecule has 2 N–H and O–H groups in total. The smallest absolute Gasteiger partial charge is 0.270 e. The van der Waals surface area contributed by atoms with Crippen LogP contribution >= 0.6 is 0 Å². The number of aromatic nitrogens is 3. The van der Waals surface area contributed by atoms with Gasteiger partial charge in [0.25, 0.3) is 5.91 Å². The zero-order valence-corrected chi connectivity index (χ0v) is 16.2. The van der Waals surface area contributed by atoms with E-state index in [0.717, 1.165) is 32.5 Å². The maximum absolute atomic E-state index is 12.6. The molecular weight excluding hydrogens is 364 g/mol. The molecule has 4 rings (SSSR count). The van der Waals surface area contributed by atoms with Crippen molar-refractivity contribution in [1.82, 2.24) is 25.2 Å². The molecule has 0 bridgehead atoms. The molecule has 1 aromatic carbocycles. The third-order valence-electron chi connectivity index (χ3n) is 4.97. The van der Waals surface area contributed by atoms with E-state index < -0.39 is 0 Å². The highest BCUT2D eigenvalue weighted by Gasteiger charge is 2.21. The fourth-order valence-electron chi connectivity index (χ4n) is 3.46. The van der Waals surface area contributed by atoms with Crippen LogP contribution in [0, 0.1) is 0 Å². The summed E-state index contributed by atoms with van der Waals surface area (Å²) < 4.78 is 0. The van der Waals surface area contributed by atoms with Gasteiger partial charge in [-0.05, 0) is 30.5 Å². The summed E-state index contributed by atoms with van der Waals surface area (Å²) in [5.74, 6) is 1.01. The molecule has 0 saturated carbocycles. The summed E-state index contributed by atoms with van der Waals surface area (Å²) in [4.78, 5) is 27.7. The number of carbonyl (C=O) groups is 1. The number of nitrogens with zero attached hydrogens (tertiary/aromatic N) is 4. The number of piperidine rings is 1. The number of likely N-dealkylation sites (tertiary alicyclic amines) is 1. The second-order valence-electron chi connectivity index (χ2n) is 7.13. The molecule has 1 aliphatic heterocycles. The Hall–Kier alpha value is -3.32. The first-order chi connectivity index (χ1) is 14.3. The van der Waals surface area contributed by atoms with Crippen LogP contribution in [-0.2, 0) is 6.54 Å². The SMILES string of the molecule is O=C(NC1CCN(Cc2ccccc2)CC1)c1cccc(Nc2cnccn2)n1. The fraction of sp³-hybridized carbons (Fsp3) is 0.273. The zero-order chi connectivity index (χ0) is 19.9. The minimum Gasteiger partial charge on any atom is -0.348 e. The molecule has 1 amide bonds. The molecule has 29 heavy (non-hydrogen) atoms. The van der Waals surface area contributed by atoms with Gasteiger partial charge < -0.3 is 10.6 Å². The number of carbonyl (C=O) groups excluding carboxylic acids is 1. The minimum absolute atomic E-state index is 0.144. The number of pyridine rings is 1. The number of hydrogen-bond acceptors (Lipinski definition) is 6. The largest absolute Gasteiger partial charge is 0.348 e. The molecule has 7 heteroatoms. The van der Waals surface area contributed by atoms with Gasteiger partial charge in [0.1, 0.15) is 17.3 Å². The highest BCUT2D eigenvalue weighted by atomic mass is 16.1. The van der Waals surface area contributed by atoms with Gasteiger partial charge >= 0.3 is 0 Å². The lowest BCUT2D eigenvalue weighted by Crippen LogP contribution is -2.44. The second kappa shape index (κ2) is 9.25. The third kappa shape index (κ3) is 5.36. The van der Waals surface area contributed by atoms with Crippen molar-refractivity contribution in [1.29, 1.82) is 0 Å². The lowest BCUT2D eigenvalue weighted by Gasteiger charge is -2.32. The molecule has 1 aliphatic rings. The summed E-state index contributed by atoms with van der Waals surface area (Å²) in [6, 6.07) is 16.0. The Kier molecular flexibility index (Phi) is 6.07. The van der Waals surface area contributed by atoms with Crippen molar-refractivity contribution in [2.45, 2.75) is 25.4 Å². The molecule has 148 valence electrons. The Morgan fingerprint density at radius 3 is 2.59 bits per heavy atom. The number of rotatable bonds is 6. The van der Waals surface area contributed by atoms with Crippen LogP contribution in [0.1, 0.15) is 28.9 Å². The number of benzene rings is 1. The summed E-state index contributed by atoms with van der Waals surface area (Å²) in [6.45, 7) is 2.90. The van der Waals surface area contributed by atoms with Crippen LogP contribution in [0.15, 0.2) is 67.1 Å². The molecule has 3 heterocycles. The van der Waals surface area contributed by atoms with Gasteiger partial charge in [-0.1, -0.05) is 36.4 Å². The Morgan fingerprint density at radius 1 is 1.00 bits per heavy atom. The summed E-state index contributed by atoms with van der Waals surface area (Å²) in [7, 11) is 0. The molecule has 0 unspecified atom stereocenters. The summed E-state index contributed by atoms with van der Waals surface area (Å²) in [5, 5.41) is 6.19. The van der Waals surface area contributed by atoms with Crippen molar-refractivity contribution in [3.63, 3.8) is 0 Å². The van der Waals surface area contributed by atoms with Gasteiger partial charge in [-0.3, -0.25) is 14.7 Å². The Bertz CT molecular complexity index is 926. The lowest BCUT2D eigenvalue weighted by molar-refractivity contribution is 0.0904. The maximum Gasteiger partial charge on any atom is 0.270 e. The first kappa shape index (κ1) is 19.0. The molecule has 3 aromatic rings. The monoisotopic (exact) mass is 388 g/mol. The number of nitrogens with one attached hydrogen (secondary N) is 2. The van der Waals surface area contributed by atoms with E-state index in [2.05, 4.69) is 54.8 Å². The molecule has 0 radical (unpaired) electrons. The van der Waals surface area contributed by atoms with E-state index >= 15 is 0 Å². The van der Waals surface area contributed by atoms with Crippen molar-refractivity contribution in [2.75, 3.05) is 18.4 Å². The van der Waals surface area contributed by atoms with E-state index in [-0.39, 0.29) is 11.9 Å². The van der Waals surface area contributed by atoms with E-state index in [4.69, 9.17) is 0 Å². The average Bonchev–Trinajstić information content (AvgIpc) is 2.77. The van der Waals surface area contributed by atoms with E-state index in [9.17, 15) is 4.79 Å². The summed E-state index contributed by atoms with van der Waals surface area (Å²) in [5.41, 5.74) is 1.72. The van der Waals surface area contributed by atoms with Crippen molar-refractivity contribution >= 4 is 17.5 Å². The van der Waals surface area contributed by atoms with Crippen molar-refractivity contribution in [3.8, 4) is 0 Å². The zero-order valence-electron chi connectivity index (χ0n) is 16.2. The molecule has 7 nitrogen and oxygen atoms in total. The van der Waals surface area contributed by atoms with Gasteiger partial charge in [0.15, 0.2) is 0 Å². The van der Waals surface area contributed by atoms with Crippen molar-refractivity contribution in [3.05, 3.63) is 78.4 Å². The Balaban J connectivity index is 1.29. The van der Waals surface area contributed by atoms with Gasteiger partial charge in [-0.2, -0.15) is 0 Å².